The van der Waals surface area contributed by atoms with Crippen LogP contribution in [0.25, 0.3) is 0 Å². The molecule has 0 rings (SSSR count). The summed E-state index contributed by atoms with van der Waals surface area (Å²) in [7, 11) is 1.41. The van der Waals surface area contributed by atoms with E-state index in [4.69, 9.17) is 15.2 Å². The van der Waals surface area contributed by atoms with Crippen LogP contribution in [-0.4, -0.2) is 34.8 Å². The predicted molar refractivity (Wildman–Crippen MR) is 44.6 cm³/mol. The number of ether oxygens (including phenoxy) is 2. The summed E-state index contributed by atoms with van der Waals surface area (Å²) in [6.45, 7) is 3.94. The molecule has 0 saturated heterocycles. The zero-order chi connectivity index (χ0) is 7.98. The van der Waals surface area contributed by atoms with Gasteiger partial charge in [-0.25, -0.2) is 0 Å². The van der Waals surface area contributed by atoms with E-state index in [1.54, 1.807) is 7.11 Å². The molecule has 0 aromatic rings. The summed E-state index contributed by atoms with van der Waals surface area (Å²) >= 11 is 0. The van der Waals surface area contributed by atoms with Crippen LogP contribution in [0.1, 0.15) is 13.8 Å². The molecule has 2 N–H and O–H groups in total. The highest BCUT2D eigenvalue weighted by Crippen LogP contribution is 1.95. The van der Waals surface area contributed by atoms with Crippen molar-refractivity contribution in [3.8, 4) is 0 Å². The first-order valence-corrected chi connectivity index (χ1v) is 5.40. The largest absolute Gasteiger partial charge is 0.356 e. The zero-order valence-electron chi connectivity index (χ0n) is 6.96. The number of hydrogen-bond donors (Lipinski definition) is 1. The van der Waals surface area contributed by atoms with Gasteiger partial charge in [-0.2, -0.15) is 0 Å². The highest BCUT2D eigenvalue weighted by Gasteiger charge is 2.05. The number of methoxy groups -OCH3 is 1. The lowest BCUT2D eigenvalue weighted by Gasteiger charge is -2.16. The van der Waals surface area contributed by atoms with Gasteiger partial charge in [-0.15, -0.1) is 0 Å². The van der Waals surface area contributed by atoms with Gasteiger partial charge in [-0.05, 0) is 20.0 Å². The Bertz CT molecular complexity index is 82.1. The Morgan fingerprint density at radius 2 is 2.10 bits per heavy atom. The summed E-state index contributed by atoms with van der Waals surface area (Å²) in [5, 5.41) is 0. The molecule has 0 aromatic heterocycles. The molecular weight excluding hydrogens is 146 g/mol. The average Bonchev–Trinajstić information content (AvgIpc) is 1.88. The standard InChI is InChI=1S/C6H17NO2Si/c1-5(8-3)9-6(2)10-4-7/h5-6H,4,7,10H2,1-3H3. The molecule has 0 aliphatic rings. The van der Waals surface area contributed by atoms with Crippen molar-refractivity contribution in [2.45, 2.75) is 25.9 Å². The van der Waals surface area contributed by atoms with E-state index in [1.807, 2.05) is 6.92 Å². The van der Waals surface area contributed by atoms with Crippen molar-refractivity contribution in [1.29, 1.82) is 0 Å². The van der Waals surface area contributed by atoms with Gasteiger partial charge in [0, 0.05) is 12.8 Å². The molecule has 0 fully saturated rings. The molecule has 3 nitrogen and oxygen atoms in total. The lowest BCUT2D eigenvalue weighted by atomic mass is 10.7. The van der Waals surface area contributed by atoms with Crippen molar-refractivity contribution in [1.82, 2.24) is 0 Å². The SMILES string of the molecule is COC(C)OC(C)[SiH2]CN. The average molecular weight is 163 g/mol. The van der Waals surface area contributed by atoms with E-state index < -0.39 is 0 Å². The second-order valence-electron chi connectivity index (χ2n) is 2.33. The molecule has 0 amide bonds. The van der Waals surface area contributed by atoms with Crippen LogP contribution >= 0.6 is 0 Å². The molecule has 0 heterocycles. The second kappa shape index (κ2) is 5.85. The molecule has 0 spiro atoms. The highest BCUT2D eigenvalue weighted by molar-refractivity contribution is 6.37. The van der Waals surface area contributed by atoms with Crippen molar-refractivity contribution >= 4 is 9.52 Å². The van der Waals surface area contributed by atoms with E-state index in [0.29, 0.717) is 5.73 Å². The first-order chi connectivity index (χ1) is 4.70. The predicted octanol–water partition coefficient (Wildman–Crippen LogP) is -0.574. The van der Waals surface area contributed by atoms with Crippen molar-refractivity contribution in [2.75, 3.05) is 13.3 Å². The van der Waals surface area contributed by atoms with Gasteiger partial charge in [-0.1, -0.05) is 0 Å². The smallest absolute Gasteiger partial charge is 0.154 e. The third-order valence-electron chi connectivity index (χ3n) is 1.33. The number of nitrogens with two attached hydrogens (primary N) is 1. The van der Waals surface area contributed by atoms with Crippen molar-refractivity contribution < 1.29 is 9.47 Å². The fraction of sp³-hybridized carbons (Fsp3) is 1.00. The summed E-state index contributed by atoms with van der Waals surface area (Å²) in [5.41, 5.74) is 5.72. The van der Waals surface area contributed by atoms with Gasteiger partial charge in [0.15, 0.2) is 6.29 Å². The normalized spacial score (nSPS) is 18.0. The van der Waals surface area contributed by atoms with Crippen molar-refractivity contribution in [2.24, 2.45) is 5.73 Å². The summed E-state index contributed by atoms with van der Waals surface area (Å²) in [5.74, 6) is 0. The molecule has 0 aliphatic heterocycles. The third kappa shape index (κ3) is 4.93. The molecular formula is C6H17NO2Si. The quantitative estimate of drug-likeness (QED) is 0.436. The van der Waals surface area contributed by atoms with Gasteiger partial charge < -0.3 is 15.2 Å². The lowest BCUT2D eigenvalue weighted by molar-refractivity contribution is -0.119. The lowest BCUT2D eigenvalue weighted by Crippen LogP contribution is -2.28. The van der Waals surface area contributed by atoms with E-state index in [0.717, 1.165) is 6.17 Å². The van der Waals surface area contributed by atoms with E-state index >= 15 is 0 Å². The first kappa shape index (κ1) is 10.1. The van der Waals surface area contributed by atoms with Crippen LogP contribution in [0.5, 0.6) is 0 Å². The summed E-state index contributed by atoms with van der Waals surface area (Å²) in [4.78, 5) is 0. The Kier molecular flexibility index (Phi) is 5.91. The van der Waals surface area contributed by atoms with Crippen LogP contribution in [0, 0.1) is 0 Å². The van der Waals surface area contributed by atoms with Gasteiger partial charge in [-0.3, -0.25) is 0 Å². The number of hydrogen-bond acceptors (Lipinski definition) is 3. The molecule has 0 saturated carbocycles. The molecule has 10 heavy (non-hydrogen) atoms. The van der Waals surface area contributed by atoms with E-state index in [1.165, 1.54) is 0 Å². The van der Waals surface area contributed by atoms with Crippen molar-refractivity contribution in [3.05, 3.63) is 0 Å². The highest BCUT2D eigenvalue weighted by atomic mass is 28.2. The molecule has 0 aromatic carbocycles. The maximum Gasteiger partial charge on any atom is 0.154 e. The van der Waals surface area contributed by atoms with Gasteiger partial charge in [0.1, 0.15) is 0 Å². The van der Waals surface area contributed by atoms with Gasteiger partial charge in [0.05, 0.1) is 9.52 Å². The zero-order valence-corrected chi connectivity index (χ0v) is 8.38. The van der Waals surface area contributed by atoms with E-state index in [-0.39, 0.29) is 15.8 Å². The van der Waals surface area contributed by atoms with Crippen LogP contribution in [0.15, 0.2) is 0 Å². The van der Waals surface area contributed by atoms with E-state index in [2.05, 4.69) is 6.92 Å². The Morgan fingerprint density at radius 3 is 2.50 bits per heavy atom. The maximum absolute atomic E-state index is 5.40. The second-order valence-corrected chi connectivity index (χ2v) is 4.63. The van der Waals surface area contributed by atoms with Crippen LogP contribution in [0.2, 0.25) is 0 Å². The Morgan fingerprint density at radius 1 is 1.50 bits per heavy atom. The molecule has 62 valence electrons. The Balaban J connectivity index is 3.27. The molecule has 2 unspecified atom stereocenters. The monoisotopic (exact) mass is 163 g/mol. The topological polar surface area (TPSA) is 44.5 Å². The Hall–Kier alpha value is 0.0969. The van der Waals surface area contributed by atoms with Crippen LogP contribution in [-0.2, 0) is 9.47 Å². The maximum atomic E-state index is 5.40. The first-order valence-electron chi connectivity index (χ1n) is 3.59. The number of rotatable bonds is 5. The Labute approximate surface area is 64.7 Å². The van der Waals surface area contributed by atoms with Gasteiger partial charge in [0.25, 0.3) is 0 Å². The minimum atomic E-state index is -0.230. The fourth-order valence-corrected chi connectivity index (χ4v) is 1.56. The van der Waals surface area contributed by atoms with Gasteiger partial charge in [0.2, 0.25) is 0 Å². The molecule has 4 heteroatoms. The summed E-state index contributed by atoms with van der Waals surface area (Å²) < 4.78 is 10.3. The molecule has 0 bridgehead atoms. The van der Waals surface area contributed by atoms with Crippen LogP contribution in [0.4, 0.5) is 0 Å². The third-order valence-corrected chi connectivity index (χ3v) is 2.67. The van der Waals surface area contributed by atoms with Gasteiger partial charge >= 0.3 is 0 Å². The van der Waals surface area contributed by atoms with Crippen molar-refractivity contribution in [3.63, 3.8) is 0 Å². The van der Waals surface area contributed by atoms with Crippen LogP contribution in [0.3, 0.4) is 0 Å². The molecule has 2 atom stereocenters. The fourth-order valence-electron chi connectivity index (χ4n) is 0.685. The molecule has 0 radical (unpaired) electrons. The molecule has 0 aliphatic carbocycles. The van der Waals surface area contributed by atoms with E-state index in [9.17, 15) is 0 Å². The summed E-state index contributed by atoms with van der Waals surface area (Å²) in [6.07, 6.45) is 0.714. The minimum absolute atomic E-state index is 0.0888. The minimum Gasteiger partial charge on any atom is -0.356 e. The van der Waals surface area contributed by atoms with Crippen LogP contribution < -0.4 is 5.73 Å². The summed E-state index contributed by atoms with van der Waals surface area (Å²) in [6, 6.07) is 0.